The number of hydrogen-bond acceptors (Lipinski definition) is 4. The average Bonchev–Trinajstić information content (AvgIpc) is 3.09. The molecular weight excluding hydrogens is 447 g/mol. The van der Waals surface area contributed by atoms with Crippen LogP contribution in [0.25, 0.3) is 11.0 Å². The van der Waals surface area contributed by atoms with Gasteiger partial charge in [0.05, 0.1) is 11.0 Å². The standard InChI is InChI=1S/C23H27FN4O4S/c1-2-12-27-19-8-4-5-9-20(19)28(23(27)30)13-11-22(29)25-14-16-26(17-15-25)33(31,32)21-10-6-3-7-18(21)24/h3-10H,2,11-17H2,1H3. The number of sulfonamides is 1. The van der Waals surface area contributed by atoms with Gasteiger partial charge in [0.1, 0.15) is 10.7 Å². The highest BCUT2D eigenvalue weighted by molar-refractivity contribution is 7.89. The first-order chi connectivity index (χ1) is 15.8. The Hall–Kier alpha value is -2.98. The van der Waals surface area contributed by atoms with Crippen LogP contribution in [0.4, 0.5) is 4.39 Å². The number of hydrogen-bond donors (Lipinski definition) is 0. The summed E-state index contributed by atoms with van der Waals surface area (Å²) in [5.41, 5.74) is 1.51. The molecule has 0 unspecified atom stereocenters. The summed E-state index contributed by atoms with van der Waals surface area (Å²) in [7, 11) is -3.96. The van der Waals surface area contributed by atoms with Gasteiger partial charge in [-0.25, -0.2) is 17.6 Å². The van der Waals surface area contributed by atoms with Crippen molar-refractivity contribution >= 4 is 27.0 Å². The van der Waals surface area contributed by atoms with Gasteiger partial charge in [-0.05, 0) is 30.7 Å². The summed E-state index contributed by atoms with van der Waals surface area (Å²) in [6, 6.07) is 12.8. The maximum absolute atomic E-state index is 14.0. The fraction of sp³-hybridized carbons (Fsp3) is 0.391. The van der Waals surface area contributed by atoms with E-state index in [0.717, 1.165) is 23.5 Å². The number of fused-ring (bicyclic) bond motifs is 1. The Morgan fingerprint density at radius 1 is 0.909 bits per heavy atom. The van der Waals surface area contributed by atoms with Gasteiger partial charge in [0, 0.05) is 45.7 Å². The van der Waals surface area contributed by atoms with Crippen molar-refractivity contribution in [3.8, 4) is 0 Å². The highest BCUT2D eigenvalue weighted by Crippen LogP contribution is 2.21. The fourth-order valence-electron chi connectivity index (χ4n) is 4.26. The number of nitrogens with zero attached hydrogens (tertiary/aromatic N) is 4. The second-order valence-corrected chi connectivity index (χ2v) is 9.95. The molecular formula is C23H27FN4O4S. The van der Waals surface area contributed by atoms with Crippen molar-refractivity contribution in [1.82, 2.24) is 18.3 Å². The molecule has 1 aliphatic heterocycles. The molecule has 0 radical (unpaired) electrons. The summed E-state index contributed by atoms with van der Waals surface area (Å²) in [6.45, 7) is 3.50. The van der Waals surface area contributed by atoms with Crippen LogP contribution >= 0.6 is 0 Å². The van der Waals surface area contributed by atoms with Crippen molar-refractivity contribution in [1.29, 1.82) is 0 Å². The zero-order chi connectivity index (χ0) is 23.6. The molecule has 8 nitrogen and oxygen atoms in total. The van der Waals surface area contributed by atoms with E-state index in [1.165, 1.54) is 22.5 Å². The topological polar surface area (TPSA) is 84.6 Å². The molecule has 176 valence electrons. The van der Waals surface area contributed by atoms with E-state index in [9.17, 15) is 22.4 Å². The quantitative estimate of drug-likeness (QED) is 0.526. The zero-order valence-electron chi connectivity index (χ0n) is 18.5. The first kappa shape index (κ1) is 23.2. The number of aromatic nitrogens is 2. The highest BCUT2D eigenvalue weighted by atomic mass is 32.2. The predicted molar refractivity (Wildman–Crippen MR) is 123 cm³/mol. The van der Waals surface area contributed by atoms with E-state index in [-0.39, 0.29) is 55.6 Å². The Morgan fingerprint density at radius 3 is 2.09 bits per heavy atom. The van der Waals surface area contributed by atoms with Gasteiger partial charge in [-0.2, -0.15) is 4.31 Å². The summed E-state index contributed by atoms with van der Waals surface area (Å²) in [5, 5.41) is 0. The van der Waals surface area contributed by atoms with E-state index >= 15 is 0 Å². The van der Waals surface area contributed by atoms with Crippen molar-refractivity contribution in [2.24, 2.45) is 0 Å². The monoisotopic (exact) mass is 474 g/mol. The molecule has 0 bridgehead atoms. The van der Waals surface area contributed by atoms with Crippen molar-refractivity contribution < 1.29 is 17.6 Å². The van der Waals surface area contributed by atoms with Crippen molar-refractivity contribution in [3.63, 3.8) is 0 Å². The van der Waals surface area contributed by atoms with Crippen molar-refractivity contribution in [2.45, 2.75) is 37.8 Å². The van der Waals surface area contributed by atoms with Gasteiger partial charge in [0.25, 0.3) is 0 Å². The third kappa shape index (κ3) is 4.45. The van der Waals surface area contributed by atoms with Gasteiger partial charge < -0.3 is 4.90 Å². The Bertz CT molecular complexity index is 1320. The molecule has 0 saturated carbocycles. The molecule has 33 heavy (non-hydrogen) atoms. The van der Waals surface area contributed by atoms with E-state index in [1.54, 1.807) is 14.0 Å². The predicted octanol–water partition coefficient (Wildman–Crippen LogP) is 2.28. The second kappa shape index (κ2) is 9.48. The van der Waals surface area contributed by atoms with Crippen LogP contribution in [-0.2, 0) is 27.9 Å². The van der Waals surface area contributed by atoms with E-state index < -0.39 is 15.8 Å². The van der Waals surface area contributed by atoms with Gasteiger partial charge in [-0.15, -0.1) is 0 Å². The minimum atomic E-state index is -3.96. The Kier molecular flexibility index (Phi) is 6.66. The van der Waals surface area contributed by atoms with E-state index in [1.807, 2.05) is 31.2 Å². The van der Waals surface area contributed by atoms with Crippen LogP contribution in [0.5, 0.6) is 0 Å². The number of amides is 1. The molecule has 1 saturated heterocycles. The van der Waals surface area contributed by atoms with Gasteiger partial charge in [0.15, 0.2) is 0 Å². The summed E-state index contributed by atoms with van der Waals surface area (Å²) >= 11 is 0. The molecule has 1 aliphatic rings. The SMILES string of the molecule is CCCn1c(=O)n(CCC(=O)N2CCN(S(=O)(=O)c3ccccc3F)CC2)c2ccccc21. The van der Waals surface area contributed by atoms with E-state index in [0.29, 0.717) is 6.54 Å². The molecule has 0 atom stereocenters. The number of para-hydroxylation sites is 2. The third-order valence-electron chi connectivity index (χ3n) is 5.97. The number of imidazole rings is 1. The summed E-state index contributed by atoms with van der Waals surface area (Å²) in [6.07, 6.45) is 0.965. The first-order valence-electron chi connectivity index (χ1n) is 11.0. The molecule has 0 aliphatic carbocycles. The lowest BCUT2D eigenvalue weighted by molar-refractivity contribution is -0.132. The zero-order valence-corrected chi connectivity index (χ0v) is 19.3. The van der Waals surface area contributed by atoms with Gasteiger partial charge in [-0.1, -0.05) is 31.2 Å². The van der Waals surface area contributed by atoms with Crippen LogP contribution in [0.3, 0.4) is 0 Å². The number of carbonyl (C=O) groups is 1. The van der Waals surface area contributed by atoms with Crippen LogP contribution < -0.4 is 5.69 Å². The molecule has 10 heteroatoms. The van der Waals surface area contributed by atoms with Crippen molar-refractivity contribution in [3.05, 3.63) is 64.8 Å². The summed E-state index contributed by atoms with van der Waals surface area (Å²) < 4.78 is 44.1. The van der Waals surface area contributed by atoms with Crippen LogP contribution in [0.1, 0.15) is 19.8 Å². The fourth-order valence-corrected chi connectivity index (χ4v) is 5.75. The lowest BCUT2D eigenvalue weighted by Crippen LogP contribution is -2.50. The first-order valence-corrected chi connectivity index (χ1v) is 12.5. The second-order valence-electron chi connectivity index (χ2n) is 8.04. The van der Waals surface area contributed by atoms with E-state index in [2.05, 4.69) is 0 Å². The summed E-state index contributed by atoms with van der Waals surface area (Å²) in [5.74, 6) is -0.930. The van der Waals surface area contributed by atoms with Crippen LogP contribution in [0.15, 0.2) is 58.2 Å². The molecule has 2 aromatic carbocycles. The maximum atomic E-state index is 14.0. The lowest BCUT2D eigenvalue weighted by Gasteiger charge is -2.34. The molecule has 0 N–H and O–H groups in total. The number of piperazine rings is 1. The smallest absolute Gasteiger partial charge is 0.329 e. The third-order valence-corrected chi connectivity index (χ3v) is 7.90. The Morgan fingerprint density at radius 2 is 1.48 bits per heavy atom. The number of rotatable bonds is 7. The molecule has 0 spiro atoms. The molecule has 3 aromatic rings. The molecule has 2 heterocycles. The number of benzene rings is 2. The Balaban J connectivity index is 1.41. The van der Waals surface area contributed by atoms with Gasteiger partial charge in [-0.3, -0.25) is 13.9 Å². The molecule has 1 amide bonds. The van der Waals surface area contributed by atoms with Gasteiger partial charge >= 0.3 is 5.69 Å². The largest absolute Gasteiger partial charge is 0.340 e. The van der Waals surface area contributed by atoms with Crippen molar-refractivity contribution in [2.75, 3.05) is 26.2 Å². The van der Waals surface area contributed by atoms with Crippen LogP contribution in [0, 0.1) is 5.82 Å². The molecule has 4 rings (SSSR count). The number of halogens is 1. The molecule has 1 aromatic heterocycles. The van der Waals surface area contributed by atoms with E-state index in [4.69, 9.17) is 0 Å². The van der Waals surface area contributed by atoms with Crippen LogP contribution in [-0.4, -0.2) is 58.8 Å². The molecule has 1 fully saturated rings. The minimum absolute atomic E-state index is 0.0954. The number of carbonyl (C=O) groups excluding carboxylic acids is 1. The van der Waals surface area contributed by atoms with Crippen LogP contribution in [0.2, 0.25) is 0 Å². The highest BCUT2D eigenvalue weighted by Gasteiger charge is 2.31. The Labute approximate surface area is 191 Å². The number of aryl methyl sites for hydroxylation is 2. The maximum Gasteiger partial charge on any atom is 0.329 e. The average molecular weight is 475 g/mol. The minimum Gasteiger partial charge on any atom is -0.340 e. The normalized spacial score (nSPS) is 15.3. The summed E-state index contributed by atoms with van der Waals surface area (Å²) in [4.78, 5) is 26.9. The lowest BCUT2D eigenvalue weighted by atomic mass is 10.3. The van der Waals surface area contributed by atoms with Gasteiger partial charge in [0.2, 0.25) is 15.9 Å².